The second kappa shape index (κ2) is 6.54. The van der Waals surface area contributed by atoms with E-state index in [0.717, 1.165) is 6.54 Å². The van der Waals surface area contributed by atoms with E-state index in [1.807, 2.05) is 18.2 Å². The van der Waals surface area contributed by atoms with Gasteiger partial charge in [-0.05, 0) is 19.4 Å². The zero-order chi connectivity index (χ0) is 14.5. The molecule has 5 nitrogen and oxygen atoms in total. The third kappa shape index (κ3) is 3.37. The summed E-state index contributed by atoms with van der Waals surface area (Å²) in [4.78, 5) is 10.5. The number of aromatic nitrogens is 2. The summed E-state index contributed by atoms with van der Waals surface area (Å²) in [5.41, 5.74) is 3.64. The minimum atomic E-state index is 0.244. The first kappa shape index (κ1) is 14.6. The number of hydrogen-bond donors (Lipinski definition) is 2. The van der Waals surface area contributed by atoms with Gasteiger partial charge in [0.05, 0.1) is 6.20 Å². The molecule has 0 unspecified atom stereocenters. The first-order valence-electron chi connectivity index (χ1n) is 6.41. The fourth-order valence-corrected chi connectivity index (χ4v) is 2.11. The molecule has 3 N–H and O–H groups in total. The average Bonchev–Trinajstić information content (AvgIpc) is 2.46. The Bertz CT molecular complexity index is 559. The number of benzene rings is 1. The Morgan fingerprint density at radius 2 is 2.00 bits per heavy atom. The highest BCUT2D eigenvalue weighted by molar-refractivity contribution is 6.32. The molecule has 0 radical (unpaired) electrons. The van der Waals surface area contributed by atoms with Crippen molar-refractivity contribution in [1.29, 1.82) is 0 Å². The van der Waals surface area contributed by atoms with Gasteiger partial charge in [-0.3, -0.25) is 5.43 Å². The molecule has 106 valence electrons. The molecule has 0 fully saturated rings. The summed E-state index contributed by atoms with van der Waals surface area (Å²) >= 11 is 6.22. The van der Waals surface area contributed by atoms with E-state index in [4.69, 9.17) is 17.4 Å². The van der Waals surface area contributed by atoms with E-state index in [1.165, 1.54) is 5.56 Å². The summed E-state index contributed by atoms with van der Waals surface area (Å²) in [5.74, 6) is 6.39. The summed E-state index contributed by atoms with van der Waals surface area (Å²) in [5, 5.41) is 0.508. The van der Waals surface area contributed by atoms with Crippen LogP contribution in [0.15, 0.2) is 36.5 Å². The van der Waals surface area contributed by atoms with Crippen molar-refractivity contribution in [2.45, 2.75) is 26.4 Å². The summed E-state index contributed by atoms with van der Waals surface area (Å²) < 4.78 is 0. The van der Waals surface area contributed by atoms with E-state index < -0.39 is 0 Å². The van der Waals surface area contributed by atoms with Gasteiger partial charge in [-0.15, -0.1) is 0 Å². The number of rotatable bonds is 5. The summed E-state index contributed by atoms with van der Waals surface area (Å²) in [6.07, 6.45) is 1.56. The minimum absolute atomic E-state index is 0.244. The fourth-order valence-electron chi connectivity index (χ4n) is 1.91. The molecule has 0 aliphatic heterocycles. The predicted octanol–water partition coefficient (Wildman–Crippen LogP) is 2.83. The van der Waals surface area contributed by atoms with E-state index in [2.05, 4.69) is 46.3 Å². The van der Waals surface area contributed by atoms with Crippen LogP contribution in [0.25, 0.3) is 0 Å². The Morgan fingerprint density at radius 3 is 2.60 bits per heavy atom. The predicted molar refractivity (Wildman–Crippen MR) is 82.6 cm³/mol. The van der Waals surface area contributed by atoms with Crippen LogP contribution in [-0.4, -0.2) is 16.0 Å². The Hall–Kier alpha value is -1.85. The second-order valence-corrected chi connectivity index (χ2v) is 5.12. The van der Waals surface area contributed by atoms with Crippen molar-refractivity contribution in [2.75, 3.05) is 10.3 Å². The lowest BCUT2D eigenvalue weighted by atomic mass is 10.2. The largest absolute Gasteiger partial charge is 0.348 e. The van der Waals surface area contributed by atoms with Gasteiger partial charge in [-0.2, -0.15) is 4.98 Å². The second-order valence-electron chi connectivity index (χ2n) is 4.72. The Kier molecular flexibility index (Phi) is 4.76. The van der Waals surface area contributed by atoms with E-state index in [0.29, 0.717) is 16.8 Å². The van der Waals surface area contributed by atoms with Crippen molar-refractivity contribution in [3.05, 3.63) is 47.1 Å². The van der Waals surface area contributed by atoms with Crippen LogP contribution in [-0.2, 0) is 6.54 Å². The molecule has 0 atom stereocenters. The first-order valence-corrected chi connectivity index (χ1v) is 6.79. The van der Waals surface area contributed by atoms with Crippen molar-refractivity contribution in [2.24, 2.45) is 5.84 Å². The molecule has 1 aromatic carbocycles. The lowest BCUT2D eigenvalue weighted by molar-refractivity contribution is 0.672. The van der Waals surface area contributed by atoms with Gasteiger partial charge in [0.15, 0.2) is 5.82 Å². The van der Waals surface area contributed by atoms with E-state index in [1.54, 1.807) is 6.20 Å². The minimum Gasteiger partial charge on any atom is -0.348 e. The van der Waals surface area contributed by atoms with Crippen molar-refractivity contribution in [1.82, 2.24) is 9.97 Å². The number of hydrazine groups is 1. The standard InChI is InChI=1S/C14H18ClN5/c1-10(2)20(9-11-6-4-3-5-7-11)13-12(15)8-17-14(18-13)19-16/h3-8,10H,9,16H2,1-2H3,(H,17,18,19). The molecule has 2 aromatic rings. The molecule has 2 rings (SSSR count). The normalized spacial score (nSPS) is 10.7. The molecule has 1 aromatic heterocycles. The molecule has 0 amide bonds. The van der Waals surface area contributed by atoms with Crippen LogP contribution in [0.1, 0.15) is 19.4 Å². The molecule has 0 aliphatic carbocycles. The van der Waals surface area contributed by atoms with Crippen LogP contribution in [0, 0.1) is 0 Å². The van der Waals surface area contributed by atoms with E-state index in [9.17, 15) is 0 Å². The maximum absolute atomic E-state index is 6.22. The van der Waals surface area contributed by atoms with Gasteiger partial charge in [0, 0.05) is 12.6 Å². The molecule has 0 spiro atoms. The van der Waals surface area contributed by atoms with Crippen molar-refractivity contribution in [3.8, 4) is 0 Å². The first-order chi connectivity index (χ1) is 9.61. The summed E-state index contributed by atoms with van der Waals surface area (Å²) in [6, 6.07) is 10.4. The van der Waals surface area contributed by atoms with E-state index >= 15 is 0 Å². The number of nitrogen functional groups attached to an aromatic ring is 1. The number of hydrogen-bond acceptors (Lipinski definition) is 5. The van der Waals surface area contributed by atoms with Gasteiger partial charge in [0.25, 0.3) is 0 Å². The zero-order valence-corrected chi connectivity index (χ0v) is 12.3. The maximum Gasteiger partial charge on any atom is 0.239 e. The number of nitrogens with one attached hydrogen (secondary N) is 1. The Morgan fingerprint density at radius 1 is 1.30 bits per heavy atom. The van der Waals surface area contributed by atoms with Crippen molar-refractivity contribution < 1.29 is 0 Å². The van der Waals surface area contributed by atoms with Crippen molar-refractivity contribution >= 4 is 23.4 Å². The van der Waals surface area contributed by atoms with Gasteiger partial charge >= 0.3 is 0 Å². The average molecular weight is 292 g/mol. The van der Waals surface area contributed by atoms with E-state index in [-0.39, 0.29) is 6.04 Å². The van der Waals surface area contributed by atoms with Gasteiger partial charge in [-0.1, -0.05) is 41.9 Å². The van der Waals surface area contributed by atoms with Gasteiger partial charge in [0.1, 0.15) is 5.02 Å². The maximum atomic E-state index is 6.22. The van der Waals surface area contributed by atoms with Gasteiger partial charge in [0.2, 0.25) is 5.95 Å². The highest BCUT2D eigenvalue weighted by atomic mass is 35.5. The quantitative estimate of drug-likeness (QED) is 0.655. The monoisotopic (exact) mass is 291 g/mol. The van der Waals surface area contributed by atoms with Crippen LogP contribution in [0.5, 0.6) is 0 Å². The SMILES string of the molecule is CC(C)N(Cc1ccccc1)c1nc(NN)ncc1Cl. The Balaban J connectivity index is 2.33. The fraction of sp³-hybridized carbons (Fsp3) is 0.286. The number of nitrogens with zero attached hydrogens (tertiary/aromatic N) is 3. The smallest absolute Gasteiger partial charge is 0.239 e. The molecule has 0 bridgehead atoms. The number of halogens is 1. The molecule has 0 saturated heterocycles. The highest BCUT2D eigenvalue weighted by Crippen LogP contribution is 2.26. The summed E-state index contributed by atoms with van der Waals surface area (Å²) in [6.45, 7) is 4.91. The summed E-state index contributed by atoms with van der Waals surface area (Å²) in [7, 11) is 0. The van der Waals surface area contributed by atoms with Crippen LogP contribution < -0.4 is 16.2 Å². The zero-order valence-electron chi connectivity index (χ0n) is 11.5. The van der Waals surface area contributed by atoms with Crippen molar-refractivity contribution in [3.63, 3.8) is 0 Å². The third-order valence-corrected chi connectivity index (χ3v) is 3.21. The van der Waals surface area contributed by atoms with Gasteiger partial charge < -0.3 is 4.90 Å². The molecule has 6 heteroatoms. The van der Waals surface area contributed by atoms with Crippen LogP contribution in [0.2, 0.25) is 5.02 Å². The lowest BCUT2D eigenvalue weighted by Gasteiger charge is -2.28. The Labute approximate surface area is 123 Å². The topological polar surface area (TPSA) is 67.1 Å². The molecule has 20 heavy (non-hydrogen) atoms. The third-order valence-electron chi connectivity index (χ3n) is 2.95. The molecule has 0 saturated carbocycles. The van der Waals surface area contributed by atoms with Crippen LogP contribution in [0.4, 0.5) is 11.8 Å². The molecular formula is C14H18ClN5. The van der Waals surface area contributed by atoms with Gasteiger partial charge in [-0.25, -0.2) is 10.8 Å². The number of anilines is 2. The molecule has 0 aliphatic rings. The number of nitrogens with two attached hydrogens (primary N) is 1. The molecular weight excluding hydrogens is 274 g/mol. The highest BCUT2D eigenvalue weighted by Gasteiger charge is 2.17. The van der Waals surface area contributed by atoms with Crippen LogP contribution in [0.3, 0.4) is 0 Å². The molecule has 1 heterocycles. The van der Waals surface area contributed by atoms with Crippen LogP contribution >= 0.6 is 11.6 Å². The lowest BCUT2D eigenvalue weighted by Crippen LogP contribution is -2.31.